The van der Waals surface area contributed by atoms with E-state index in [4.69, 9.17) is 32.0 Å². The first-order valence-electron chi connectivity index (χ1n) is 5.78. The normalized spacial score (nSPS) is 10.7. The fourth-order valence-corrected chi connectivity index (χ4v) is 3.02. The van der Waals surface area contributed by atoms with Crippen molar-refractivity contribution >= 4 is 52.3 Å². The maximum Gasteiger partial charge on any atom is 0.433 e. The molecule has 0 saturated carbocycles. The molecule has 0 aliphatic rings. The van der Waals surface area contributed by atoms with Gasteiger partial charge >= 0.3 is 11.9 Å². The number of amides is 1. The summed E-state index contributed by atoms with van der Waals surface area (Å²) >= 11 is 12.9. The predicted octanol–water partition coefficient (Wildman–Crippen LogP) is 3.86. The summed E-state index contributed by atoms with van der Waals surface area (Å²) in [5.41, 5.74) is 0.434. The zero-order chi connectivity index (χ0) is 16.6. The number of nitrogens with zero attached hydrogens (tertiary/aromatic N) is 3. The Morgan fingerprint density at radius 3 is 2.70 bits per heavy atom. The van der Waals surface area contributed by atoms with Crippen LogP contribution in [0.15, 0.2) is 27.0 Å². The Morgan fingerprint density at radius 1 is 1.30 bits per heavy atom. The Labute approximate surface area is 141 Å². The van der Waals surface area contributed by atoms with Gasteiger partial charge in [-0.2, -0.15) is 0 Å². The number of anilines is 1. The minimum Gasteiger partial charge on any atom is -0.403 e. The maximum absolute atomic E-state index is 11.9. The second-order valence-electron chi connectivity index (χ2n) is 4.00. The lowest BCUT2D eigenvalue weighted by atomic mass is 10.3. The lowest BCUT2D eigenvalue weighted by molar-refractivity contribution is -0.402. The first-order valence-corrected chi connectivity index (χ1v) is 7.35. The van der Waals surface area contributed by atoms with E-state index in [-0.39, 0.29) is 17.7 Å². The van der Waals surface area contributed by atoms with Crippen LogP contribution in [0.2, 0.25) is 8.67 Å². The Kier molecular flexibility index (Phi) is 4.03. The van der Waals surface area contributed by atoms with Crippen LogP contribution in [0.1, 0.15) is 10.6 Å². The first kappa shape index (κ1) is 15.5. The zero-order valence-electron chi connectivity index (χ0n) is 10.8. The molecule has 23 heavy (non-hydrogen) atoms. The number of rotatable bonds is 4. The predicted molar refractivity (Wildman–Crippen MR) is 80.9 cm³/mol. The number of hydrogen-bond acceptors (Lipinski definition) is 8. The number of hydrogen-bond donors (Lipinski definition) is 1. The molecule has 0 bridgehead atoms. The molecule has 12 heteroatoms. The SMILES string of the molecule is O=C(Nc1nnc(-c2cc(Cl)sc2Cl)o1)c1ccc([N+](=O)[O-])o1. The number of carbonyl (C=O) groups excluding carboxylic acids is 1. The van der Waals surface area contributed by atoms with E-state index in [2.05, 4.69) is 15.5 Å². The van der Waals surface area contributed by atoms with Gasteiger partial charge in [-0.05, 0) is 12.1 Å². The average Bonchev–Trinajstić information content (AvgIpc) is 3.18. The molecule has 3 aromatic heterocycles. The van der Waals surface area contributed by atoms with Crippen LogP contribution >= 0.6 is 34.5 Å². The van der Waals surface area contributed by atoms with Crippen molar-refractivity contribution in [2.45, 2.75) is 0 Å². The third-order valence-electron chi connectivity index (χ3n) is 2.53. The molecular weight excluding hydrogens is 371 g/mol. The fraction of sp³-hybridized carbons (Fsp3) is 0. The summed E-state index contributed by atoms with van der Waals surface area (Å²) in [5.74, 6) is -1.53. The lowest BCUT2D eigenvalue weighted by Crippen LogP contribution is -2.11. The molecule has 0 aromatic carbocycles. The van der Waals surface area contributed by atoms with Gasteiger partial charge in [0.25, 0.3) is 11.8 Å². The summed E-state index contributed by atoms with van der Waals surface area (Å²) in [6.07, 6.45) is 0. The van der Waals surface area contributed by atoms with Crippen LogP contribution in [0.4, 0.5) is 11.9 Å². The molecule has 1 amide bonds. The van der Waals surface area contributed by atoms with Crippen LogP contribution in [-0.2, 0) is 0 Å². The highest BCUT2D eigenvalue weighted by Gasteiger charge is 2.20. The molecule has 118 valence electrons. The van der Waals surface area contributed by atoms with Gasteiger partial charge in [-0.3, -0.25) is 20.2 Å². The highest BCUT2D eigenvalue weighted by molar-refractivity contribution is 7.20. The van der Waals surface area contributed by atoms with Crippen molar-refractivity contribution in [2.24, 2.45) is 0 Å². The molecular formula is C11H4Cl2N4O5S. The Morgan fingerprint density at radius 2 is 2.09 bits per heavy atom. The highest BCUT2D eigenvalue weighted by Crippen LogP contribution is 2.37. The van der Waals surface area contributed by atoms with E-state index in [1.165, 1.54) is 0 Å². The third-order valence-corrected chi connectivity index (χ3v) is 4.02. The molecule has 0 spiro atoms. The van der Waals surface area contributed by atoms with Crippen molar-refractivity contribution in [3.63, 3.8) is 0 Å². The topological polar surface area (TPSA) is 124 Å². The number of aromatic nitrogens is 2. The molecule has 3 rings (SSSR count). The molecule has 9 nitrogen and oxygen atoms in total. The molecule has 0 aliphatic heterocycles. The van der Waals surface area contributed by atoms with Gasteiger partial charge in [-0.15, -0.1) is 16.4 Å². The molecule has 0 fully saturated rings. The molecule has 3 aromatic rings. The van der Waals surface area contributed by atoms with E-state index in [0.717, 1.165) is 23.5 Å². The number of thiophene rings is 1. The summed E-state index contributed by atoms with van der Waals surface area (Å²) in [4.78, 5) is 21.6. The van der Waals surface area contributed by atoms with E-state index in [0.29, 0.717) is 14.2 Å². The van der Waals surface area contributed by atoms with Crippen LogP contribution in [0.3, 0.4) is 0 Å². The molecule has 0 saturated heterocycles. The van der Waals surface area contributed by atoms with Gasteiger partial charge in [0, 0.05) is 0 Å². The Hall–Kier alpha value is -2.43. The fourth-order valence-electron chi connectivity index (χ4n) is 1.58. The van der Waals surface area contributed by atoms with Crippen molar-refractivity contribution in [3.8, 4) is 11.5 Å². The monoisotopic (exact) mass is 374 g/mol. The largest absolute Gasteiger partial charge is 0.433 e. The van der Waals surface area contributed by atoms with Crippen molar-refractivity contribution < 1.29 is 18.6 Å². The van der Waals surface area contributed by atoms with Crippen LogP contribution in [0.5, 0.6) is 0 Å². The maximum atomic E-state index is 11.9. The van der Waals surface area contributed by atoms with Gasteiger partial charge in [0.05, 0.1) is 16.0 Å². The molecule has 1 N–H and O–H groups in total. The standard InChI is InChI=1S/C11H4Cl2N4O5S/c12-6-3-4(8(13)23-6)10-15-16-11(22-10)14-9(18)5-1-2-7(21-5)17(19)20/h1-3H,(H,14,16,18). The minimum atomic E-state index is -0.775. The van der Waals surface area contributed by atoms with Gasteiger partial charge in [0.1, 0.15) is 9.26 Å². The van der Waals surface area contributed by atoms with Gasteiger partial charge in [0.15, 0.2) is 5.76 Å². The van der Waals surface area contributed by atoms with Crippen LogP contribution in [0.25, 0.3) is 11.5 Å². The lowest BCUT2D eigenvalue weighted by Gasteiger charge is -1.95. The smallest absolute Gasteiger partial charge is 0.403 e. The molecule has 0 atom stereocenters. The van der Waals surface area contributed by atoms with Gasteiger partial charge in [-0.25, -0.2) is 0 Å². The number of furan rings is 1. The van der Waals surface area contributed by atoms with E-state index in [9.17, 15) is 14.9 Å². The van der Waals surface area contributed by atoms with Crippen molar-refractivity contribution in [1.29, 1.82) is 0 Å². The van der Waals surface area contributed by atoms with Crippen LogP contribution < -0.4 is 5.32 Å². The summed E-state index contributed by atoms with van der Waals surface area (Å²) < 4.78 is 10.8. The Balaban J connectivity index is 1.77. The van der Waals surface area contributed by atoms with E-state index >= 15 is 0 Å². The summed E-state index contributed by atoms with van der Waals surface area (Å²) in [5, 5.41) is 20.1. The molecule has 0 radical (unpaired) electrons. The average molecular weight is 375 g/mol. The second-order valence-corrected chi connectivity index (χ2v) is 6.28. The van der Waals surface area contributed by atoms with Gasteiger partial charge in [-0.1, -0.05) is 28.3 Å². The number of carbonyl (C=O) groups is 1. The van der Waals surface area contributed by atoms with Crippen molar-refractivity contribution in [1.82, 2.24) is 10.2 Å². The van der Waals surface area contributed by atoms with Gasteiger partial charge < -0.3 is 8.83 Å². The van der Waals surface area contributed by atoms with E-state index in [1.54, 1.807) is 6.07 Å². The number of nitrogens with one attached hydrogen (secondary N) is 1. The Bertz CT molecular complexity index is 902. The van der Waals surface area contributed by atoms with E-state index in [1.807, 2.05) is 0 Å². The molecule has 0 aliphatic carbocycles. The quantitative estimate of drug-likeness (QED) is 0.542. The summed E-state index contributed by atoms with van der Waals surface area (Å²) in [6, 6.07) is 3.54. The summed E-state index contributed by atoms with van der Waals surface area (Å²) in [7, 11) is 0. The van der Waals surface area contributed by atoms with Crippen LogP contribution in [-0.4, -0.2) is 21.0 Å². The third kappa shape index (κ3) is 3.18. The molecule has 0 unspecified atom stereocenters. The molecule has 3 heterocycles. The van der Waals surface area contributed by atoms with E-state index < -0.39 is 16.7 Å². The second kappa shape index (κ2) is 5.99. The van der Waals surface area contributed by atoms with Crippen LogP contribution in [0, 0.1) is 10.1 Å². The minimum absolute atomic E-state index is 0.0684. The first-order chi connectivity index (χ1) is 10.9. The summed E-state index contributed by atoms with van der Waals surface area (Å²) in [6.45, 7) is 0. The highest BCUT2D eigenvalue weighted by atomic mass is 35.5. The number of nitro groups is 1. The zero-order valence-corrected chi connectivity index (χ0v) is 13.1. The van der Waals surface area contributed by atoms with Crippen molar-refractivity contribution in [3.05, 3.63) is 42.7 Å². The van der Waals surface area contributed by atoms with Crippen molar-refractivity contribution in [2.75, 3.05) is 5.32 Å². The van der Waals surface area contributed by atoms with Gasteiger partial charge in [0.2, 0.25) is 0 Å². The number of halogens is 2.